The molecule has 0 bridgehead atoms. The second-order valence-corrected chi connectivity index (χ2v) is 5.86. The van der Waals surface area contributed by atoms with Gasteiger partial charge in [-0.1, -0.05) is 24.3 Å². The van der Waals surface area contributed by atoms with Crippen molar-refractivity contribution in [3.05, 3.63) is 52.3 Å². The number of para-hydroxylation sites is 1. The number of methoxy groups -OCH3 is 2. The fraction of sp³-hybridized carbons (Fsp3) is 0.250. The number of benzene rings is 1. The molecular formula is C20H17N3O3. The van der Waals surface area contributed by atoms with Gasteiger partial charge in [-0.15, -0.1) is 0 Å². The van der Waals surface area contributed by atoms with Gasteiger partial charge in [0, 0.05) is 11.1 Å². The number of nitriles is 3. The third-order valence-corrected chi connectivity index (χ3v) is 3.93. The average Bonchev–Trinajstić information content (AvgIpc) is 2.90. The van der Waals surface area contributed by atoms with Gasteiger partial charge < -0.3 is 14.2 Å². The number of nitrogens with zero attached hydrogens (tertiary/aromatic N) is 3. The van der Waals surface area contributed by atoms with Crippen molar-refractivity contribution in [3.8, 4) is 29.7 Å². The van der Waals surface area contributed by atoms with E-state index in [1.54, 1.807) is 58.4 Å². The first-order chi connectivity index (χ1) is 12.4. The molecule has 1 aliphatic heterocycles. The molecule has 1 aromatic carbocycles. The Morgan fingerprint density at radius 1 is 1.08 bits per heavy atom. The fourth-order valence-electron chi connectivity index (χ4n) is 2.70. The standard InChI is InChI=1S/C20H17N3O3/c1-20(2)16(15(12-23)18(26-20)14(10-21)11-22)9-8-13-6-5-7-17(24-3)19(13)25-4/h5-9H,1-4H3/b9-8+. The van der Waals surface area contributed by atoms with E-state index in [-0.39, 0.29) is 16.9 Å². The maximum Gasteiger partial charge on any atom is 0.172 e. The molecule has 0 unspecified atom stereocenters. The summed E-state index contributed by atoms with van der Waals surface area (Å²) in [5, 5.41) is 27.7. The highest BCUT2D eigenvalue weighted by Gasteiger charge is 2.38. The number of hydrogen-bond donors (Lipinski definition) is 0. The summed E-state index contributed by atoms with van der Waals surface area (Å²) in [5.74, 6) is 1.16. The second-order valence-electron chi connectivity index (χ2n) is 5.86. The molecule has 0 aliphatic carbocycles. The number of ether oxygens (including phenoxy) is 3. The Balaban J connectivity index is 2.61. The van der Waals surface area contributed by atoms with Crippen LogP contribution in [0.4, 0.5) is 0 Å². The van der Waals surface area contributed by atoms with Crippen LogP contribution < -0.4 is 9.47 Å². The van der Waals surface area contributed by atoms with E-state index in [2.05, 4.69) is 0 Å². The largest absolute Gasteiger partial charge is 0.493 e. The average molecular weight is 347 g/mol. The summed E-state index contributed by atoms with van der Waals surface area (Å²) in [6.45, 7) is 3.54. The predicted octanol–water partition coefficient (Wildman–Crippen LogP) is 3.65. The molecule has 0 aromatic heterocycles. The molecule has 0 N–H and O–H groups in total. The smallest absolute Gasteiger partial charge is 0.172 e. The molecule has 6 nitrogen and oxygen atoms in total. The predicted molar refractivity (Wildman–Crippen MR) is 94.6 cm³/mol. The summed E-state index contributed by atoms with van der Waals surface area (Å²) in [4.78, 5) is 0. The third-order valence-electron chi connectivity index (χ3n) is 3.93. The molecule has 1 aromatic rings. The van der Waals surface area contributed by atoms with Gasteiger partial charge >= 0.3 is 0 Å². The van der Waals surface area contributed by atoms with Gasteiger partial charge in [-0.05, 0) is 19.9 Å². The van der Waals surface area contributed by atoms with Crippen molar-refractivity contribution in [2.45, 2.75) is 19.4 Å². The van der Waals surface area contributed by atoms with Crippen molar-refractivity contribution in [2.24, 2.45) is 0 Å². The number of rotatable bonds is 4. The molecule has 0 amide bonds. The Kier molecular flexibility index (Phi) is 5.36. The van der Waals surface area contributed by atoms with Gasteiger partial charge in [0.1, 0.15) is 29.4 Å². The first kappa shape index (κ1) is 18.6. The lowest BCUT2D eigenvalue weighted by molar-refractivity contribution is 0.0954. The molecule has 0 radical (unpaired) electrons. The van der Waals surface area contributed by atoms with Crippen LogP contribution in [-0.2, 0) is 4.74 Å². The lowest BCUT2D eigenvalue weighted by Gasteiger charge is -2.20. The van der Waals surface area contributed by atoms with Crippen molar-refractivity contribution in [1.82, 2.24) is 0 Å². The molecule has 26 heavy (non-hydrogen) atoms. The Bertz CT molecular complexity index is 932. The van der Waals surface area contributed by atoms with E-state index in [0.29, 0.717) is 17.1 Å². The summed E-state index contributed by atoms with van der Waals surface area (Å²) in [5.41, 5.74) is 0.416. The van der Waals surface area contributed by atoms with Crippen LogP contribution in [0.25, 0.3) is 6.08 Å². The van der Waals surface area contributed by atoms with Crippen LogP contribution >= 0.6 is 0 Å². The van der Waals surface area contributed by atoms with Gasteiger partial charge in [0.05, 0.1) is 14.2 Å². The summed E-state index contributed by atoms with van der Waals surface area (Å²) >= 11 is 0. The molecule has 1 heterocycles. The van der Waals surface area contributed by atoms with E-state index in [9.17, 15) is 5.26 Å². The van der Waals surface area contributed by atoms with E-state index in [1.807, 2.05) is 18.2 Å². The van der Waals surface area contributed by atoms with Crippen molar-refractivity contribution < 1.29 is 14.2 Å². The van der Waals surface area contributed by atoms with E-state index in [4.69, 9.17) is 24.7 Å². The highest BCUT2D eigenvalue weighted by molar-refractivity contribution is 5.68. The lowest BCUT2D eigenvalue weighted by atomic mass is 9.94. The number of hydrogen-bond acceptors (Lipinski definition) is 6. The van der Waals surface area contributed by atoms with E-state index < -0.39 is 5.60 Å². The molecule has 0 saturated carbocycles. The van der Waals surface area contributed by atoms with Crippen LogP contribution in [0.15, 0.2) is 46.8 Å². The van der Waals surface area contributed by atoms with Crippen LogP contribution in [0.5, 0.6) is 11.5 Å². The van der Waals surface area contributed by atoms with E-state index in [0.717, 1.165) is 5.56 Å². The van der Waals surface area contributed by atoms with Gasteiger partial charge in [-0.3, -0.25) is 0 Å². The molecule has 0 saturated heterocycles. The van der Waals surface area contributed by atoms with Crippen LogP contribution in [0.2, 0.25) is 0 Å². The second kappa shape index (κ2) is 7.47. The Hall–Kier alpha value is -3.69. The zero-order valence-electron chi connectivity index (χ0n) is 15.0. The van der Waals surface area contributed by atoms with Gasteiger partial charge in [0.2, 0.25) is 0 Å². The Morgan fingerprint density at radius 2 is 1.77 bits per heavy atom. The summed E-state index contributed by atoms with van der Waals surface area (Å²) in [7, 11) is 3.10. The Morgan fingerprint density at radius 3 is 2.31 bits per heavy atom. The maximum absolute atomic E-state index is 9.54. The highest BCUT2D eigenvalue weighted by atomic mass is 16.5. The van der Waals surface area contributed by atoms with Crippen molar-refractivity contribution in [3.63, 3.8) is 0 Å². The van der Waals surface area contributed by atoms with Gasteiger partial charge in [-0.2, -0.15) is 15.8 Å². The van der Waals surface area contributed by atoms with Gasteiger partial charge in [-0.25, -0.2) is 0 Å². The third kappa shape index (κ3) is 3.24. The quantitative estimate of drug-likeness (QED) is 0.771. The summed E-state index contributed by atoms with van der Waals surface area (Å²) in [6, 6.07) is 11.0. The lowest BCUT2D eigenvalue weighted by Crippen LogP contribution is -2.20. The maximum atomic E-state index is 9.54. The minimum absolute atomic E-state index is 0.0137. The topological polar surface area (TPSA) is 99.1 Å². The van der Waals surface area contributed by atoms with Crippen LogP contribution in [-0.4, -0.2) is 19.8 Å². The van der Waals surface area contributed by atoms with Gasteiger partial charge in [0.15, 0.2) is 22.8 Å². The molecular weight excluding hydrogens is 330 g/mol. The normalized spacial score (nSPS) is 15.0. The van der Waals surface area contributed by atoms with Gasteiger partial charge in [0.25, 0.3) is 0 Å². The van der Waals surface area contributed by atoms with Crippen molar-refractivity contribution in [1.29, 1.82) is 15.8 Å². The molecule has 0 spiro atoms. The first-order valence-electron chi connectivity index (χ1n) is 7.71. The van der Waals surface area contributed by atoms with E-state index >= 15 is 0 Å². The van der Waals surface area contributed by atoms with Crippen LogP contribution in [0.3, 0.4) is 0 Å². The zero-order valence-corrected chi connectivity index (χ0v) is 15.0. The monoisotopic (exact) mass is 347 g/mol. The molecule has 2 rings (SSSR count). The van der Waals surface area contributed by atoms with Crippen molar-refractivity contribution >= 4 is 6.08 Å². The SMILES string of the molecule is COc1cccc(/C=C/C2=C(C#N)C(=C(C#N)C#N)OC2(C)C)c1OC. The molecule has 6 heteroatoms. The summed E-state index contributed by atoms with van der Waals surface area (Å²) in [6.07, 6.45) is 3.51. The van der Waals surface area contributed by atoms with Crippen molar-refractivity contribution in [2.75, 3.05) is 14.2 Å². The summed E-state index contributed by atoms with van der Waals surface area (Å²) < 4.78 is 16.4. The minimum atomic E-state index is -0.859. The molecule has 130 valence electrons. The molecule has 0 atom stereocenters. The Labute approximate surface area is 152 Å². The molecule has 0 fully saturated rings. The zero-order chi connectivity index (χ0) is 19.3. The first-order valence-corrected chi connectivity index (χ1v) is 7.71. The highest BCUT2D eigenvalue weighted by Crippen LogP contribution is 2.41. The van der Waals surface area contributed by atoms with E-state index in [1.165, 1.54) is 0 Å². The number of allylic oxidation sites excluding steroid dienone is 2. The minimum Gasteiger partial charge on any atom is -0.493 e. The fourth-order valence-corrected chi connectivity index (χ4v) is 2.70. The molecule has 1 aliphatic rings. The van der Waals surface area contributed by atoms with Crippen LogP contribution in [0, 0.1) is 34.0 Å². The van der Waals surface area contributed by atoms with Crippen LogP contribution in [0.1, 0.15) is 19.4 Å².